The van der Waals surface area contributed by atoms with Crippen molar-refractivity contribution in [3.63, 3.8) is 0 Å². The summed E-state index contributed by atoms with van der Waals surface area (Å²) in [5.41, 5.74) is 1.32. The lowest BCUT2D eigenvalue weighted by Crippen LogP contribution is -2.52. The van der Waals surface area contributed by atoms with Gasteiger partial charge in [-0.2, -0.15) is 0 Å². The van der Waals surface area contributed by atoms with Gasteiger partial charge in [0.2, 0.25) is 5.91 Å². The highest BCUT2D eigenvalue weighted by atomic mass is 19.1. The van der Waals surface area contributed by atoms with Gasteiger partial charge in [-0.05, 0) is 56.9 Å². The molecule has 1 fully saturated rings. The van der Waals surface area contributed by atoms with E-state index in [0.29, 0.717) is 28.9 Å². The third-order valence-corrected chi connectivity index (χ3v) is 5.62. The molecule has 1 saturated carbocycles. The molecule has 4 rings (SSSR count). The van der Waals surface area contributed by atoms with E-state index in [1.54, 1.807) is 31.0 Å². The van der Waals surface area contributed by atoms with Crippen LogP contribution in [-0.2, 0) is 11.2 Å². The van der Waals surface area contributed by atoms with Gasteiger partial charge in [-0.3, -0.25) is 4.79 Å². The van der Waals surface area contributed by atoms with Gasteiger partial charge in [0.15, 0.2) is 5.82 Å². The van der Waals surface area contributed by atoms with Crippen LogP contribution in [0.15, 0.2) is 24.3 Å². The highest BCUT2D eigenvalue weighted by Crippen LogP contribution is 2.36. The summed E-state index contributed by atoms with van der Waals surface area (Å²) in [5, 5.41) is 12.8. The summed E-state index contributed by atoms with van der Waals surface area (Å²) >= 11 is 0. The van der Waals surface area contributed by atoms with Crippen molar-refractivity contribution in [1.29, 1.82) is 0 Å². The maximum atomic E-state index is 13.0. The molecule has 7 nitrogen and oxygen atoms in total. The van der Waals surface area contributed by atoms with Crippen molar-refractivity contribution in [2.24, 2.45) is 5.92 Å². The molecule has 0 unspecified atom stereocenters. The predicted octanol–water partition coefficient (Wildman–Crippen LogP) is 2.46. The number of aromatic nitrogens is 2. The van der Waals surface area contributed by atoms with Gasteiger partial charge in [0, 0.05) is 13.5 Å². The van der Waals surface area contributed by atoms with Crippen LogP contribution in [0.25, 0.3) is 0 Å². The van der Waals surface area contributed by atoms with Gasteiger partial charge in [-0.25, -0.2) is 14.4 Å². The summed E-state index contributed by atoms with van der Waals surface area (Å²) in [7, 11) is 1.76. The SMILES string of the molecule is Cc1nc(CC2CC(Oc3ccc(F)cc3)C2)nc2c1NC(=O)[C@H]([C@@H](C)O)N2C. The third-order valence-electron chi connectivity index (χ3n) is 5.62. The zero-order valence-corrected chi connectivity index (χ0v) is 16.7. The first-order valence-corrected chi connectivity index (χ1v) is 9.83. The molecule has 0 spiro atoms. The number of aryl methyl sites for hydroxylation is 1. The Balaban J connectivity index is 1.41. The molecule has 8 heteroatoms. The number of carbonyl (C=O) groups is 1. The molecule has 0 radical (unpaired) electrons. The largest absolute Gasteiger partial charge is 0.490 e. The van der Waals surface area contributed by atoms with Crippen molar-refractivity contribution < 1.29 is 19.0 Å². The van der Waals surface area contributed by atoms with Crippen LogP contribution in [-0.4, -0.2) is 46.3 Å². The summed E-state index contributed by atoms with van der Waals surface area (Å²) in [6.45, 7) is 3.44. The van der Waals surface area contributed by atoms with Crippen LogP contribution >= 0.6 is 0 Å². The molecule has 154 valence electrons. The first kappa shape index (κ1) is 19.6. The predicted molar refractivity (Wildman–Crippen MR) is 107 cm³/mol. The molecule has 2 aliphatic rings. The van der Waals surface area contributed by atoms with E-state index in [1.165, 1.54) is 12.1 Å². The molecule has 1 aliphatic carbocycles. The van der Waals surface area contributed by atoms with Gasteiger partial charge in [0.1, 0.15) is 29.1 Å². The second kappa shape index (κ2) is 7.59. The molecule has 2 N–H and O–H groups in total. The summed E-state index contributed by atoms with van der Waals surface area (Å²) in [5.74, 6) is 1.92. The number of nitrogens with zero attached hydrogens (tertiary/aromatic N) is 3. The van der Waals surface area contributed by atoms with Crippen molar-refractivity contribution in [1.82, 2.24) is 9.97 Å². The van der Waals surface area contributed by atoms with Crippen molar-refractivity contribution in [3.8, 4) is 5.75 Å². The van der Waals surface area contributed by atoms with E-state index in [4.69, 9.17) is 4.74 Å². The smallest absolute Gasteiger partial charge is 0.249 e. The lowest BCUT2D eigenvalue weighted by molar-refractivity contribution is -0.119. The van der Waals surface area contributed by atoms with E-state index in [9.17, 15) is 14.3 Å². The molecule has 1 amide bonds. The molecule has 2 atom stereocenters. The average molecular weight is 400 g/mol. The summed E-state index contributed by atoms with van der Waals surface area (Å²) in [4.78, 5) is 23.2. The quantitative estimate of drug-likeness (QED) is 0.802. The van der Waals surface area contributed by atoms with Crippen LogP contribution in [0.4, 0.5) is 15.9 Å². The van der Waals surface area contributed by atoms with Crippen molar-refractivity contribution in [2.45, 2.75) is 51.4 Å². The van der Waals surface area contributed by atoms with Gasteiger partial charge in [-0.1, -0.05) is 0 Å². The molecule has 2 heterocycles. The van der Waals surface area contributed by atoms with Crippen LogP contribution in [0.3, 0.4) is 0 Å². The second-order valence-corrected chi connectivity index (χ2v) is 7.94. The number of halogens is 1. The average Bonchev–Trinajstić information content (AvgIpc) is 2.62. The Morgan fingerprint density at radius 1 is 1.31 bits per heavy atom. The minimum absolute atomic E-state index is 0.116. The molecular weight excluding hydrogens is 375 g/mol. The zero-order chi connectivity index (χ0) is 20.7. The topological polar surface area (TPSA) is 87.6 Å². The first-order chi connectivity index (χ1) is 13.8. The maximum absolute atomic E-state index is 13.0. The molecule has 0 bridgehead atoms. The molecule has 1 aromatic heterocycles. The van der Waals surface area contributed by atoms with Crippen molar-refractivity contribution in [3.05, 3.63) is 41.6 Å². The first-order valence-electron chi connectivity index (χ1n) is 9.83. The summed E-state index contributed by atoms with van der Waals surface area (Å²) in [6.07, 6.45) is 1.80. The number of hydrogen-bond donors (Lipinski definition) is 2. The van der Waals surface area contributed by atoms with E-state index in [2.05, 4.69) is 15.3 Å². The number of nitrogens with one attached hydrogen (secondary N) is 1. The highest BCUT2D eigenvalue weighted by molar-refractivity contribution is 6.03. The molecule has 2 aromatic rings. The number of fused-ring (bicyclic) bond motifs is 1. The minimum Gasteiger partial charge on any atom is -0.490 e. The van der Waals surface area contributed by atoms with Crippen molar-refractivity contribution >= 4 is 17.4 Å². The second-order valence-electron chi connectivity index (χ2n) is 7.94. The number of amides is 1. The standard InChI is InChI=1S/C21H25FN4O3/c1-11-18-20(26(3)19(12(2)27)21(28)25-18)24-17(23-11)10-13-8-16(9-13)29-15-6-4-14(22)5-7-15/h4-7,12-13,16,19,27H,8-10H2,1-3H3,(H,25,28)/t12-,13?,16?,19+/m1/s1. The van der Waals surface area contributed by atoms with Crippen LogP contribution in [0, 0.1) is 18.7 Å². The number of hydrogen-bond acceptors (Lipinski definition) is 6. The number of benzene rings is 1. The van der Waals surface area contributed by atoms with E-state index in [1.807, 2.05) is 6.92 Å². The molecule has 1 aromatic carbocycles. The monoisotopic (exact) mass is 400 g/mol. The molecule has 29 heavy (non-hydrogen) atoms. The Kier molecular flexibility index (Phi) is 5.12. The van der Waals surface area contributed by atoms with E-state index in [0.717, 1.165) is 25.1 Å². The van der Waals surface area contributed by atoms with E-state index in [-0.39, 0.29) is 17.8 Å². The fraction of sp³-hybridized carbons (Fsp3) is 0.476. The number of aliphatic hydroxyl groups is 1. The highest BCUT2D eigenvalue weighted by Gasteiger charge is 2.37. The number of likely N-dealkylation sites (N-methyl/N-ethyl adjacent to an activating group) is 1. The van der Waals surface area contributed by atoms with E-state index < -0.39 is 12.1 Å². The molecular formula is C21H25FN4O3. The Bertz CT molecular complexity index is 913. The van der Waals surface area contributed by atoms with Crippen LogP contribution in [0.5, 0.6) is 5.75 Å². The number of aliphatic hydroxyl groups excluding tert-OH is 1. The Morgan fingerprint density at radius 3 is 2.66 bits per heavy atom. The number of ether oxygens (including phenoxy) is 1. The minimum atomic E-state index is -0.817. The Labute approximate surface area is 168 Å². The van der Waals surface area contributed by atoms with E-state index >= 15 is 0 Å². The third kappa shape index (κ3) is 3.89. The number of rotatable bonds is 5. The summed E-state index contributed by atoms with van der Waals surface area (Å²) < 4.78 is 18.9. The lowest BCUT2D eigenvalue weighted by atomic mass is 9.80. The van der Waals surface area contributed by atoms with Gasteiger partial charge in [0.25, 0.3) is 0 Å². The summed E-state index contributed by atoms with van der Waals surface area (Å²) in [6, 6.07) is 5.39. The van der Waals surface area contributed by atoms with Gasteiger partial charge >= 0.3 is 0 Å². The van der Waals surface area contributed by atoms with Gasteiger partial charge in [-0.15, -0.1) is 0 Å². The zero-order valence-electron chi connectivity index (χ0n) is 16.7. The normalized spacial score (nSPS) is 24.4. The van der Waals surface area contributed by atoms with Crippen LogP contribution < -0.4 is 15.0 Å². The Morgan fingerprint density at radius 2 is 2.00 bits per heavy atom. The van der Waals surface area contributed by atoms with Gasteiger partial charge in [0.05, 0.1) is 17.9 Å². The number of anilines is 2. The van der Waals surface area contributed by atoms with Crippen LogP contribution in [0.1, 0.15) is 31.3 Å². The number of carbonyl (C=O) groups excluding carboxylic acids is 1. The maximum Gasteiger partial charge on any atom is 0.249 e. The molecule has 0 saturated heterocycles. The van der Waals surface area contributed by atoms with Gasteiger partial charge < -0.3 is 20.1 Å². The lowest BCUT2D eigenvalue weighted by Gasteiger charge is -2.37. The van der Waals surface area contributed by atoms with Crippen LogP contribution in [0.2, 0.25) is 0 Å². The fourth-order valence-corrected chi connectivity index (χ4v) is 4.06. The molecule has 1 aliphatic heterocycles. The fourth-order valence-electron chi connectivity index (χ4n) is 4.06. The van der Waals surface area contributed by atoms with Crippen molar-refractivity contribution in [2.75, 3.05) is 17.3 Å². The Hall–Kier alpha value is -2.74.